The minimum atomic E-state index is -0.427. The summed E-state index contributed by atoms with van der Waals surface area (Å²) in [4.78, 5) is 14.7. The summed E-state index contributed by atoms with van der Waals surface area (Å²) in [6.07, 6.45) is 5.88. The standard InChI is InChI=1S/C21H23N3O2/c1-2-16-8-4-5-9-19(16)23-21(25)17(15-22)14-18-10-11-20(26-18)24-12-6-3-7-13-24/h4-5,8-11,14H,2-3,6-7,12-13H2,1H3,(H,23,25)/b17-14-. The van der Waals surface area contributed by atoms with Gasteiger partial charge < -0.3 is 14.6 Å². The summed E-state index contributed by atoms with van der Waals surface area (Å²) >= 11 is 0. The molecule has 0 saturated carbocycles. The summed E-state index contributed by atoms with van der Waals surface area (Å²) < 4.78 is 5.82. The number of para-hydroxylation sites is 1. The van der Waals surface area contributed by atoms with Gasteiger partial charge in [0.2, 0.25) is 0 Å². The summed E-state index contributed by atoms with van der Waals surface area (Å²) in [7, 11) is 0. The predicted octanol–water partition coefficient (Wildman–Crippen LogP) is 4.38. The first-order valence-electron chi connectivity index (χ1n) is 9.07. The van der Waals surface area contributed by atoms with Crippen molar-refractivity contribution in [3.05, 3.63) is 53.3 Å². The number of anilines is 2. The van der Waals surface area contributed by atoms with Crippen LogP contribution in [0, 0.1) is 11.3 Å². The molecule has 5 nitrogen and oxygen atoms in total. The van der Waals surface area contributed by atoms with Crippen molar-refractivity contribution in [2.45, 2.75) is 32.6 Å². The molecule has 1 fully saturated rings. The van der Waals surface area contributed by atoms with Gasteiger partial charge in [-0.05, 0) is 43.4 Å². The van der Waals surface area contributed by atoms with Crippen LogP contribution in [0.25, 0.3) is 6.08 Å². The topological polar surface area (TPSA) is 69.3 Å². The Morgan fingerprint density at radius 1 is 1.23 bits per heavy atom. The normalized spacial score (nSPS) is 14.8. The SMILES string of the molecule is CCc1ccccc1NC(=O)/C(C#N)=C\c1ccc(N2CCCCC2)o1. The maximum Gasteiger partial charge on any atom is 0.266 e. The number of piperidine rings is 1. The number of nitrogens with zero attached hydrogens (tertiary/aromatic N) is 2. The average molecular weight is 349 g/mol. The Balaban J connectivity index is 1.74. The molecule has 1 amide bonds. The molecule has 26 heavy (non-hydrogen) atoms. The Morgan fingerprint density at radius 2 is 2.00 bits per heavy atom. The number of furan rings is 1. The fraction of sp³-hybridized carbons (Fsp3) is 0.333. The fourth-order valence-electron chi connectivity index (χ4n) is 3.14. The number of hydrogen-bond acceptors (Lipinski definition) is 4. The second-order valence-corrected chi connectivity index (χ2v) is 6.36. The minimum Gasteiger partial charge on any atom is -0.441 e. The number of aryl methyl sites for hydroxylation is 1. The first-order valence-corrected chi connectivity index (χ1v) is 9.07. The molecule has 1 aromatic carbocycles. The Bertz CT molecular complexity index is 839. The highest BCUT2D eigenvalue weighted by Gasteiger charge is 2.16. The molecular weight excluding hydrogens is 326 g/mol. The van der Waals surface area contributed by atoms with E-state index in [1.807, 2.05) is 43.3 Å². The Labute approximate surface area is 153 Å². The van der Waals surface area contributed by atoms with Gasteiger partial charge in [-0.2, -0.15) is 5.26 Å². The summed E-state index contributed by atoms with van der Waals surface area (Å²) in [5.41, 5.74) is 1.79. The highest BCUT2D eigenvalue weighted by atomic mass is 16.4. The molecule has 0 unspecified atom stereocenters. The van der Waals surface area contributed by atoms with Crippen LogP contribution in [0.3, 0.4) is 0 Å². The molecule has 0 bridgehead atoms. The van der Waals surface area contributed by atoms with E-state index < -0.39 is 5.91 Å². The number of nitriles is 1. The van der Waals surface area contributed by atoms with Crippen molar-refractivity contribution in [1.29, 1.82) is 5.26 Å². The molecule has 1 saturated heterocycles. The molecule has 0 aliphatic carbocycles. The van der Waals surface area contributed by atoms with Crippen molar-refractivity contribution in [3.8, 4) is 6.07 Å². The quantitative estimate of drug-likeness (QED) is 0.642. The van der Waals surface area contributed by atoms with Crippen LogP contribution < -0.4 is 10.2 Å². The molecule has 1 aliphatic heterocycles. The van der Waals surface area contributed by atoms with E-state index in [9.17, 15) is 10.1 Å². The predicted molar refractivity (Wildman–Crippen MR) is 103 cm³/mol. The molecule has 0 atom stereocenters. The lowest BCUT2D eigenvalue weighted by atomic mass is 10.1. The lowest BCUT2D eigenvalue weighted by Crippen LogP contribution is -2.28. The van der Waals surface area contributed by atoms with E-state index in [1.165, 1.54) is 12.5 Å². The van der Waals surface area contributed by atoms with Gasteiger partial charge in [-0.25, -0.2) is 0 Å². The van der Waals surface area contributed by atoms with Crippen molar-refractivity contribution in [2.75, 3.05) is 23.3 Å². The second-order valence-electron chi connectivity index (χ2n) is 6.36. The molecule has 2 heterocycles. The minimum absolute atomic E-state index is 0.0236. The van der Waals surface area contributed by atoms with Gasteiger partial charge in [0, 0.05) is 30.9 Å². The van der Waals surface area contributed by atoms with Crippen molar-refractivity contribution in [1.82, 2.24) is 0 Å². The lowest BCUT2D eigenvalue weighted by Gasteiger charge is -2.25. The van der Waals surface area contributed by atoms with E-state index in [0.717, 1.165) is 49.5 Å². The van der Waals surface area contributed by atoms with E-state index in [-0.39, 0.29) is 5.57 Å². The Morgan fingerprint density at radius 3 is 2.73 bits per heavy atom. The molecular formula is C21H23N3O2. The molecule has 1 N–H and O–H groups in total. The summed E-state index contributed by atoms with van der Waals surface area (Å²) in [5, 5.41) is 12.2. The molecule has 5 heteroatoms. The molecule has 0 spiro atoms. The number of rotatable bonds is 5. The van der Waals surface area contributed by atoms with Crippen LogP contribution in [0.15, 0.2) is 46.4 Å². The van der Waals surface area contributed by atoms with Gasteiger partial charge in [0.25, 0.3) is 5.91 Å². The van der Waals surface area contributed by atoms with E-state index in [0.29, 0.717) is 5.76 Å². The maximum atomic E-state index is 12.5. The zero-order chi connectivity index (χ0) is 18.4. The molecule has 134 valence electrons. The largest absolute Gasteiger partial charge is 0.441 e. The third-order valence-electron chi connectivity index (χ3n) is 4.58. The maximum absolute atomic E-state index is 12.5. The van der Waals surface area contributed by atoms with Crippen LogP contribution >= 0.6 is 0 Å². The van der Waals surface area contributed by atoms with Crippen LogP contribution in [-0.2, 0) is 11.2 Å². The molecule has 3 rings (SSSR count). The summed E-state index contributed by atoms with van der Waals surface area (Å²) in [6.45, 7) is 3.99. The summed E-state index contributed by atoms with van der Waals surface area (Å²) in [5.74, 6) is 0.885. The van der Waals surface area contributed by atoms with Crippen LogP contribution in [0.4, 0.5) is 11.6 Å². The molecule has 2 aromatic rings. The number of nitrogens with one attached hydrogen (secondary N) is 1. The van der Waals surface area contributed by atoms with Crippen LogP contribution in [0.5, 0.6) is 0 Å². The molecule has 1 aliphatic rings. The Hall–Kier alpha value is -3.00. The third-order valence-corrected chi connectivity index (χ3v) is 4.58. The molecule has 1 aromatic heterocycles. The zero-order valence-electron chi connectivity index (χ0n) is 15.0. The Kier molecular flexibility index (Phi) is 5.75. The van der Waals surface area contributed by atoms with E-state index >= 15 is 0 Å². The number of benzene rings is 1. The molecule has 0 radical (unpaired) electrons. The van der Waals surface area contributed by atoms with Crippen LogP contribution in [0.1, 0.15) is 37.5 Å². The number of carbonyl (C=O) groups excluding carboxylic acids is 1. The van der Waals surface area contributed by atoms with Gasteiger partial charge in [-0.1, -0.05) is 25.1 Å². The van der Waals surface area contributed by atoms with Crippen molar-refractivity contribution in [2.24, 2.45) is 0 Å². The summed E-state index contributed by atoms with van der Waals surface area (Å²) in [6, 6.07) is 13.3. The van der Waals surface area contributed by atoms with Gasteiger partial charge >= 0.3 is 0 Å². The highest BCUT2D eigenvalue weighted by molar-refractivity contribution is 6.09. The van der Waals surface area contributed by atoms with Gasteiger partial charge in [-0.15, -0.1) is 0 Å². The first kappa shape index (κ1) is 17.8. The van der Waals surface area contributed by atoms with E-state index in [1.54, 1.807) is 6.07 Å². The van der Waals surface area contributed by atoms with E-state index in [4.69, 9.17) is 4.42 Å². The van der Waals surface area contributed by atoms with Crippen LogP contribution in [0.2, 0.25) is 0 Å². The highest BCUT2D eigenvalue weighted by Crippen LogP contribution is 2.24. The number of hydrogen-bond donors (Lipinski definition) is 1. The zero-order valence-corrected chi connectivity index (χ0v) is 15.0. The average Bonchev–Trinajstić information content (AvgIpc) is 3.16. The van der Waals surface area contributed by atoms with Crippen molar-refractivity contribution in [3.63, 3.8) is 0 Å². The van der Waals surface area contributed by atoms with Crippen molar-refractivity contribution >= 4 is 23.6 Å². The number of amides is 1. The monoisotopic (exact) mass is 349 g/mol. The fourth-order valence-corrected chi connectivity index (χ4v) is 3.14. The number of carbonyl (C=O) groups is 1. The first-order chi connectivity index (χ1) is 12.7. The third kappa shape index (κ3) is 4.15. The van der Waals surface area contributed by atoms with E-state index in [2.05, 4.69) is 10.2 Å². The van der Waals surface area contributed by atoms with Gasteiger partial charge in [-0.3, -0.25) is 4.79 Å². The van der Waals surface area contributed by atoms with Crippen molar-refractivity contribution < 1.29 is 9.21 Å². The second kappa shape index (κ2) is 8.39. The van der Waals surface area contributed by atoms with Gasteiger partial charge in [0.1, 0.15) is 17.4 Å². The van der Waals surface area contributed by atoms with Gasteiger partial charge in [0.15, 0.2) is 5.88 Å². The lowest BCUT2D eigenvalue weighted by molar-refractivity contribution is -0.112. The van der Waals surface area contributed by atoms with Gasteiger partial charge in [0.05, 0.1) is 0 Å². The smallest absolute Gasteiger partial charge is 0.266 e. The van der Waals surface area contributed by atoms with Crippen LogP contribution in [-0.4, -0.2) is 19.0 Å².